The second-order valence-electron chi connectivity index (χ2n) is 8.02. The van der Waals surface area contributed by atoms with Gasteiger partial charge in [0.15, 0.2) is 11.4 Å². The Balaban J connectivity index is 1.91. The molecule has 5 atom stereocenters. The summed E-state index contributed by atoms with van der Waals surface area (Å²) >= 11 is 0. The highest BCUT2D eigenvalue weighted by Crippen LogP contribution is 2.60. The van der Waals surface area contributed by atoms with Crippen LogP contribution in [-0.4, -0.2) is 45.7 Å². The first-order chi connectivity index (χ1) is 11.9. The van der Waals surface area contributed by atoms with Crippen LogP contribution in [0.4, 0.5) is 0 Å². The third kappa shape index (κ3) is 1.99. The largest absolute Gasteiger partial charge is 0.455 e. The fraction of sp³-hybridized carbons (Fsp3) is 0.579. The van der Waals surface area contributed by atoms with Crippen molar-refractivity contribution in [3.63, 3.8) is 0 Å². The van der Waals surface area contributed by atoms with Crippen LogP contribution in [0, 0.1) is 0 Å². The summed E-state index contributed by atoms with van der Waals surface area (Å²) in [6.07, 6.45) is 1.71. The van der Waals surface area contributed by atoms with Crippen molar-refractivity contribution in [3.05, 3.63) is 36.1 Å². The third-order valence-corrected chi connectivity index (χ3v) is 5.90. The summed E-state index contributed by atoms with van der Waals surface area (Å²) in [5, 5.41) is 11.2. The van der Waals surface area contributed by atoms with E-state index in [1.54, 1.807) is 13.0 Å². The van der Waals surface area contributed by atoms with Gasteiger partial charge in [-0.3, -0.25) is 0 Å². The molecule has 4 aliphatic rings. The lowest BCUT2D eigenvalue weighted by atomic mass is 9.82. The van der Waals surface area contributed by atoms with Gasteiger partial charge in [0.25, 0.3) is 0 Å². The van der Waals surface area contributed by atoms with Crippen LogP contribution in [0.1, 0.15) is 40.0 Å². The summed E-state index contributed by atoms with van der Waals surface area (Å²) in [7, 11) is 0. The predicted molar refractivity (Wildman–Crippen MR) is 88.5 cm³/mol. The molecule has 0 radical (unpaired) electrons. The van der Waals surface area contributed by atoms with Crippen LogP contribution in [0.5, 0.6) is 0 Å². The summed E-state index contributed by atoms with van der Waals surface area (Å²) in [4.78, 5) is 24.5. The van der Waals surface area contributed by atoms with E-state index in [0.717, 1.165) is 0 Å². The molecule has 1 N–H and O–H groups in total. The predicted octanol–water partition coefficient (Wildman–Crippen LogP) is 1.66. The van der Waals surface area contributed by atoms with Gasteiger partial charge in [-0.05, 0) is 33.3 Å². The minimum absolute atomic E-state index is 0.0421. The van der Waals surface area contributed by atoms with Crippen molar-refractivity contribution in [2.24, 2.45) is 0 Å². The Morgan fingerprint density at radius 3 is 2.69 bits per heavy atom. The van der Waals surface area contributed by atoms with Crippen molar-refractivity contribution in [2.45, 2.75) is 68.7 Å². The Bertz CT molecular complexity index is 798. The lowest BCUT2D eigenvalue weighted by Gasteiger charge is -2.42. The molecule has 26 heavy (non-hydrogen) atoms. The van der Waals surface area contributed by atoms with Gasteiger partial charge >= 0.3 is 11.9 Å². The first-order valence-corrected chi connectivity index (χ1v) is 8.59. The van der Waals surface area contributed by atoms with E-state index in [-0.39, 0.29) is 23.3 Å². The molecule has 0 aromatic carbocycles. The molecule has 3 saturated heterocycles. The van der Waals surface area contributed by atoms with Crippen LogP contribution in [0.2, 0.25) is 0 Å². The number of hydrogen-bond acceptors (Lipinski definition) is 7. The maximum absolute atomic E-state index is 12.3. The molecule has 4 bridgehead atoms. The Morgan fingerprint density at radius 1 is 1.35 bits per heavy atom. The molecule has 4 aliphatic heterocycles. The second kappa shape index (κ2) is 4.85. The number of fused-ring (bicyclic) bond motifs is 4. The Morgan fingerprint density at radius 2 is 2.04 bits per heavy atom. The van der Waals surface area contributed by atoms with Gasteiger partial charge < -0.3 is 24.1 Å². The van der Waals surface area contributed by atoms with Crippen LogP contribution in [0.3, 0.4) is 0 Å². The number of carbonyl (C=O) groups excluding carboxylic acids is 2. The highest BCUT2D eigenvalue weighted by molar-refractivity contribution is 5.96. The second-order valence-corrected chi connectivity index (χ2v) is 8.02. The van der Waals surface area contributed by atoms with Crippen LogP contribution in [0.25, 0.3) is 0 Å². The molecule has 0 aliphatic carbocycles. The zero-order chi connectivity index (χ0) is 19.1. The summed E-state index contributed by atoms with van der Waals surface area (Å²) < 4.78 is 23.3. The number of esters is 2. The van der Waals surface area contributed by atoms with Gasteiger partial charge in [0.2, 0.25) is 0 Å². The highest BCUT2D eigenvalue weighted by atomic mass is 16.7. The van der Waals surface area contributed by atoms with E-state index >= 15 is 0 Å². The summed E-state index contributed by atoms with van der Waals surface area (Å²) in [6.45, 7) is 12.5. The van der Waals surface area contributed by atoms with E-state index in [9.17, 15) is 14.7 Å². The number of carbonyl (C=O) groups is 2. The van der Waals surface area contributed by atoms with Gasteiger partial charge in [-0.15, -0.1) is 0 Å². The van der Waals surface area contributed by atoms with Gasteiger partial charge in [0.1, 0.15) is 17.5 Å². The van der Waals surface area contributed by atoms with Gasteiger partial charge in [-0.25, -0.2) is 9.59 Å². The summed E-state index contributed by atoms with van der Waals surface area (Å²) in [5.74, 6) is -2.66. The molecule has 0 aromatic rings. The first kappa shape index (κ1) is 17.5. The number of hydrogen-bond donors (Lipinski definition) is 1. The Kier molecular flexibility index (Phi) is 3.26. The van der Waals surface area contributed by atoms with Crippen molar-refractivity contribution in [1.82, 2.24) is 0 Å². The fourth-order valence-corrected chi connectivity index (χ4v) is 4.35. The van der Waals surface area contributed by atoms with E-state index in [1.165, 1.54) is 6.92 Å². The molecule has 0 aromatic heterocycles. The maximum atomic E-state index is 12.3. The summed E-state index contributed by atoms with van der Waals surface area (Å²) in [6, 6.07) is 0. The first-order valence-electron chi connectivity index (χ1n) is 8.59. The van der Waals surface area contributed by atoms with E-state index in [0.29, 0.717) is 12.8 Å². The molecule has 7 nitrogen and oxygen atoms in total. The van der Waals surface area contributed by atoms with E-state index in [2.05, 4.69) is 13.2 Å². The molecule has 7 heteroatoms. The molecule has 140 valence electrons. The SMILES string of the molecule is C=C(C)C(=O)O[C@H]1C[C@@]2(C)O[C@@]13C(=C)C(=O)O/C3=C/[C@@]1(C)CC[C@]2(O)O1. The average molecular weight is 362 g/mol. The molecule has 3 fully saturated rings. The topological polar surface area (TPSA) is 91.3 Å². The summed E-state index contributed by atoms with van der Waals surface area (Å²) in [5.41, 5.74) is -3.27. The zero-order valence-corrected chi connectivity index (χ0v) is 15.1. The van der Waals surface area contributed by atoms with Crippen LogP contribution in [-0.2, 0) is 28.5 Å². The normalized spacial score (nSPS) is 48.2. The molecule has 1 spiro atoms. The van der Waals surface area contributed by atoms with Gasteiger partial charge in [0, 0.05) is 18.4 Å². The van der Waals surface area contributed by atoms with E-state index in [4.69, 9.17) is 18.9 Å². The van der Waals surface area contributed by atoms with Gasteiger partial charge in [-0.2, -0.15) is 0 Å². The molecule has 0 saturated carbocycles. The zero-order valence-electron chi connectivity index (χ0n) is 15.1. The fourth-order valence-electron chi connectivity index (χ4n) is 4.35. The van der Waals surface area contributed by atoms with E-state index < -0.39 is 40.6 Å². The third-order valence-electron chi connectivity index (χ3n) is 5.90. The number of ether oxygens (including phenoxy) is 4. The number of rotatable bonds is 2. The Labute approximate surface area is 151 Å². The lowest BCUT2D eigenvalue weighted by Crippen LogP contribution is -2.55. The van der Waals surface area contributed by atoms with Gasteiger partial charge in [-0.1, -0.05) is 13.2 Å². The van der Waals surface area contributed by atoms with Crippen molar-refractivity contribution >= 4 is 11.9 Å². The quantitative estimate of drug-likeness (QED) is 0.590. The smallest absolute Gasteiger partial charge is 0.342 e. The van der Waals surface area contributed by atoms with Crippen molar-refractivity contribution in [3.8, 4) is 0 Å². The lowest BCUT2D eigenvalue weighted by molar-refractivity contribution is -0.309. The highest BCUT2D eigenvalue weighted by Gasteiger charge is 2.73. The van der Waals surface area contributed by atoms with E-state index in [1.807, 2.05) is 6.92 Å². The molecule has 0 unspecified atom stereocenters. The van der Waals surface area contributed by atoms with Crippen LogP contribution < -0.4 is 0 Å². The van der Waals surface area contributed by atoms with Crippen LogP contribution >= 0.6 is 0 Å². The van der Waals surface area contributed by atoms with Crippen LogP contribution in [0.15, 0.2) is 36.1 Å². The Hall–Kier alpha value is -1.96. The average Bonchev–Trinajstić information content (AvgIpc) is 3.10. The maximum Gasteiger partial charge on any atom is 0.342 e. The van der Waals surface area contributed by atoms with Crippen molar-refractivity contribution in [1.29, 1.82) is 0 Å². The number of aliphatic hydroxyl groups is 1. The van der Waals surface area contributed by atoms with Gasteiger partial charge in [0.05, 0.1) is 11.2 Å². The molecule has 0 amide bonds. The minimum Gasteiger partial charge on any atom is -0.455 e. The molecule has 4 rings (SSSR count). The minimum atomic E-state index is -1.59. The molecular formula is C19H22O7. The molecule has 4 heterocycles. The molecular weight excluding hydrogens is 340 g/mol. The standard InChI is InChI=1S/C19H22O7/c1-10(2)14(20)23-13-9-17(5)18(22)7-6-16(4,25-18)8-12-19(13,26-17)11(3)15(21)24-12/h8,13,22H,1,3,6-7,9H2,2,4-5H3/b12-8+/t13-,16+,17+,18-,19+/m0/s1. The van der Waals surface area contributed by atoms with Crippen molar-refractivity contribution in [2.75, 3.05) is 0 Å². The monoisotopic (exact) mass is 362 g/mol. The van der Waals surface area contributed by atoms with Crippen molar-refractivity contribution < 1.29 is 33.6 Å².